The van der Waals surface area contributed by atoms with Crippen LogP contribution in [-0.4, -0.2) is 63.7 Å². The van der Waals surface area contributed by atoms with Crippen molar-refractivity contribution in [2.24, 2.45) is 0 Å². The molecule has 2 N–H and O–H groups in total. The molecule has 8 nitrogen and oxygen atoms in total. The third-order valence-electron chi connectivity index (χ3n) is 3.75. The first kappa shape index (κ1) is 22.1. The molecule has 1 aromatic carbocycles. The van der Waals surface area contributed by atoms with Crippen molar-refractivity contribution >= 4 is 21.9 Å². The van der Waals surface area contributed by atoms with E-state index < -0.39 is 28.4 Å². The summed E-state index contributed by atoms with van der Waals surface area (Å²) in [6, 6.07) is 3.57. The zero-order valence-corrected chi connectivity index (χ0v) is 16.4. The Kier molecular flexibility index (Phi) is 8.19. The zero-order valence-electron chi connectivity index (χ0n) is 15.5. The van der Waals surface area contributed by atoms with E-state index in [1.807, 2.05) is 6.92 Å². The Balaban J connectivity index is 2.76. The number of hydrogen-bond acceptors (Lipinski definition) is 5. The average Bonchev–Trinajstić information content (AvgIpc) is 2.49. The number of hydrogen-bond donors (Lipinski definition) is 2. The predicted octanol–water partition coefficient (Wildman–Crippen LogP) is 0.840. The number of aryl methyl sites for hydroxylation is 3. The third kappa shape index (κ3) is 6.40. The first-order chi connectivity index (χ1) is 12.1. The van der Waals surface area contributed by atoms with E-state index in [0.717, 1.165) is 10.5 Å². The summed E-state index contributed by atoms with van der Waals surface area (Å²) in [5.74, 6) is -1.59. The van der Waals surface area contributed by atoms with Gasteiger partial charge in [0.05, 0.1) is 11.5 Å². The zero-order chi connectivity index (χ0) is 19.9. The summed E-state index contributed by atoms with van der Waals surface area (Å²) in [4.78, 5) is 24.3. The van der Waals surface area contributed by atoms with Gasteiger partial charge in [0.15, 0.2) is 0 Å². The Morgan fingerprint density at radius 2 is 1.77 bits per heavy atom. The van der Waals surface area contributed by atoms with Crippen LogP contribution in [0.2, 0.25) is 0 Å². The molecule has 146 valence electrons. The van der Waals surface area contributed by atoms with Gasteiger partial charge in [-0.1, -0.05) is 17.7 Å². The molecule has 0 aromatic heterocycles. The normalized spacial score (nSPS) is 11.4. The number of aliphatic carboxylic acids is 1. The SMILES string of the molecule is COCCN(CC(=O)O)C(=O)CCNS(=O)(=O)c1c(C)cc(C)cc1C. The van der Waals surface area contributed by atoms with E-state index in [-0.39, 0.29) is 31.0 Å². The van der Waals surface area contributed by atoms with Gasteiger partial charge in [-0.05, 0) is 31.9 Å². The molecule has 0 atom stereocenters. The van der Waals surface area contributed by atoms with E-state index in [1.54, 1.807) is 26.0 Å². The highest BCUT2D eigenvalue weighted by Gasteiger charge is 2.21. The maximum absolute atomic E-state index is 12.5. The van der Waals surface area contributed by atoms with Crippen molar-refractivity contribution in [3.05, 3.63) is 28.8 Å². The Morgan fingerprint density at radius 1 is 1.19 bits per heavy atom. The maximum atomic E-state index is 12.5. The molecule has 0 spiro atoms. The number of ether oxygens (including phenoxy) is 1. The lowest BCUT2D eigenvalue weighted by atomic mass is 10.1. The number of amides is 1. The molecule has 0 radical (unpaired) electrons. The van der Waals surface area contributed by atoms with Crippen LogP contribution < -0.4 is 4.72 Å². The summed E-state index contributed by atoms with van der Waals surface area (Å²) in [6.07, 6.45) is -0.139. The van der Waals surface area contributed by atoms with E-state index in [0.29, 0.717) is 11.1 Å². The molecular weight excluding hydrogens is 360 g/mol. The van der Waals surface area contributed by atoms with E-state index in [4.69, 9.17) is 9.84 Å². The molecule has 1 amide bonds. The number of benzene rings is 1. The van der Waals surface area contributed by atoms with Crippen LogP contribution in [0.3, 0.4) is 0 Å². The van der Waals surface area contributed by atoms with Crippen LogP contribution in [-0.2, 0) is 24.3 Å². The number of rotatable bonds is 10. The summed E-state index contributed by atoms with van der Waals surface area (Å²) in [7, 11) is -2.31. The summed E-state index contributed by atoms with van der Waals surface area (Å²) >= 11 is 0. The Bertz CT molecular complexity index is 738. The van der Waals surface area contributed by atoms with Crippen LogP contribution in [0, 0.1) is 20.8 Å². The van der Waals surface area contributed by atoms with E-state index in [9.17, 15) is 18.0 Å². The van der Waals surface area contributed by atoms with Gasteiger partial charge < -0.3 is 14.7 Å². The second-order valence-electron chi connectivity index (χ2n) is 6.08. The Morgan fingerprint density at radius 3 is 2.27 bits per heavy atom. The minimum atomic E-state index is -3.76. The van der Waals surface area contributed by atoms with Gasteiger partial charge in [-0.2, -0.15) is 0 Å². The topological polar surface area (TPSA) is 113 Å². The molecule has 9 heteroatoms. The fraction of sp³-hybridized carbons (Fsp3) is 0.529. The van der Waals surface area contributed by atoms with Crippen LogP contribution in [0.25, 0.3) is 0 Å². The van der Waals surface area contributed by atoms with E-state index >= 15 is 0 Å². The number of methoxy groups -OCH3 is 1. The third-order valence-corrected chi connectivity index (χ3v) is 5.51. The summed E-state index contributed by atoms with van der Waals surface area (Å²) < 4.78 is 32.3. The van der Waals surface area contributed by atoms with Crippen molar-refractivity contribution in [3.8, 4) is 0 Å². The number of carbonyl (C=O) groups is 2. The number of sulfonamides is 1. The molecule has 0 fully saturated rings. The second-order valence-corrected chi connectivity index (χ2v) is 7.78. The number of nitrogens with zero attached hydrogens (tertiary/aromatic N) is 1. The lowest BCUT2D eigenvalue weighted by Crippen LogP contribution is -2.39. The fourth-order valence-electron chi connectivity index (χ4n) is 2.77. The summed E-state index contributed by atoms with van der Waals surface area (Å²) in [5.41, 5.74) is 2.24. The van der Waals surface area contributed by atoms with E-state index in [2.05, 4.69) is 4.72 Å². The molecule has 0 unspecified atom stereocenters. The molecule has 0 aliphatic heterocycles. The quantitative estimate of drug-likeness (QED) is 0.616. The molecular formula is C17H26N2O6S. The fourth-order valence-corrected chi connectivity index (χ4v) is 4.25. The summed E-state index contributed by atoms with van der Waals surface area (Å²) in [6.45, 7) is 5.09. The highest BCUT2D eigenvalue weighted by atomic mass is 32.2. The molecule has 1 aromatic rings. The van der Waals surface area contributed by atoms with Gasteiger partial charge in [0.1, 0.15) is 6.54 Å². The van der Waals surface area contributed by atoms with Crippen molar-refractivity contribution in [1.29, 1.82) is 0 Å². The molecule has 0 aliphatic rings. The van der Waals surface area contributed by atoms with Crippen molar-refractivity contribution in [3.63, 3.8) is 0 Å². The van der Waals surface area contributed by atoms with Crippen molar-refractivity contribution in [1.82, 2.24) is 9.62 Å². The first-order valence-electron chi connectivity index (χ1n) is 8.14. The number of carbonyl (C=O) groups excluding carboxylic acids is 1. The van der Waals surface area contributed by atoms with Crippen molar-refractivity contribution < 1.29 is 27.9 Å². The van der Waals surface area contributed by atoms with Crippen LogP contribution >= 0.6 is 0 Å². The average molecular weight is 386 g/mol. The van der Waals surface area contributed by atoms with Gasteiger partial charge in [0.2, 0.25) is 15.9 Å². The molecule has 0 heterocycles. The van der Waals surface area contributed by atoms with Gasteiger partial charge in [-0.15, -0.1) is 0 Å². The maximum Gasteiger partial charge on any atom is 0.323 e. The van der Waals surface area contributed by atoms with Gasteiger partial charge in [0, 0.05) is 26.6 Å². The molecule has 26 heavy (non-hydrogen) atoms. The minimum Gasteiger partial charge on any atom is -0.480 e. The predicted molar refractivity (Wildman–Crippen MR) is 96.6 cm³/mol. The van der Waals surface area contributed by atoms with Gasteiger partial charge in [-0.25, -0.2) is 13.1 Å². The van der Waals surface area contributed by atoms with Crippen LogP contribution in [0.1, 0.15) is 23.1 Å². The van der Waals surface area contributed by atoms with E-state index in [1.165, 1.54) is 7.11 Å². The van der Waals surface area contributed by atoms with Gasteiger partial charge >= 0.3 is 5.97 Å². The molecule has 1 rings (SSSR count). The Labute approximate surface area is 154 Å². The lowest BCUT2D eigenvalue weighted by molar-refractivity contribution is -0.144. The number of nitrogens with one attached hydrogen (secondary N) is 1. The molecule has 0 saturated heterocycles. The molecule has 0 bridgehead atoms. The van der Waals surface area contributed by atoms with Crippen LogP contribution in [0.5, 0.6) is 0 Å². The number of carboxylic acid groups (broad SMARTS) is 1. The smallest absolute Gasteiger partial charge is 0.323 e. The highest BCUT2D eigenvalue weighted by molar-refractivity contribution is 7.89. The van der Waals surface area contributed by atoms with Crippen LogP contribution in [0.4, 0.5) is 0 Å². The number of carboxylic acids is 1. The van der Waals surface area contributed by atoms with Crippen LogP contribution in [0.15, 0.2) is 17.0 Å². The van der Waals surface area contributed by atoms with Gasteiger partial charge in [0.25, 0.3) is 0 Å². The minimum absolute atomic E-state index is 0.114. The van der Waals surface area contributed by atoms with Crippen molar-refractivity contribution in [2.45, 2.75) is 32.1 Å². The lowest BCUT2D eigenvalue weighted by Gasteiger charge is -2.20. The first-order valence-corrected chi connectivity index (χ1v) is 9.62. The standard InChI is InChI=1S/C17H26N2O6S/c1-12-9-13(2)17(14(3)10-12)26(23,24)18-6-5-15(20)19(7-8-25-4)11-16(21)22/h9-10,18H,5-8,11H2,1-4H3,(H,21,22). The Hall–Kier alpha value is -1.97. The highest BCUT2D eigenvalue weighted by Crippen LogP contribution is 2.21. The molecule has 0 aliphatic carbocycles. The largest absolute Gasteiger partial charge is 0.480 e. The van der Waals surface area contributed by atoms with Gasteiger partial charge in [-0.3, -0.25) is 9.59 Å². The molecule has 0 saturated carbocycles. The second kappa shape index (κ2) is 9.65. The monoisotopic (exact) mass is 386 g/mol. The summed E-state index contributed by atoms with van der Waals surface area (Å²) in [5, 5.41) is 8.87. The van der Waals surface area contributed by atoms with Crippen molar-refractivity contribution in [2.75, 3.05) is 33.4 Å².